The number of hydrogen-bond acceptors (Lipinski definition) is 7. The molecule has 10 heteroatoms. The fourth-order valence-corrected chi connectivity index (χ4v) is 2.68. The van der Waals surface area contributed by atoms with Gasteiger partial charge >= 0.3 is 0 Å². The van der Waals surface area contributed by atoms with Crippen LogP contribution in [0.15, 0.2) is 24.4 Å². The molecule has 0 aliphatic heterocycles. The van der Waals surface area contributed by atoms with Crippen molar-refractivity contribution in [3.8, 4) is 5.88 Å². The van der Waals surface area contributed by atoms with Crippen LogP contribution in [0.4, 0.5) is 5.69 Å². The molecule has 0 saturated carbocycles. The van der Waals surface area contributed by atoms with Crippen LogP contribution in [0.25, 0.3) is 11.0 Å². The van der Waals surface area contributed by atoms with Crippen molar-refractivity contribution >= 4 is 40.3 Å². The SMILES string of the molecule is COc1nn(C)cc1C(=O)NCC(=O)Nc1cccc2nsnc12. The summed E-state index contributed by atoms with van der Waals surface area (Å²) in [6, 6.07) is 5.32. The van der Waals surface area contributed by atoms with Crippen molar-refractivity contribution in [1.29, 1.82) is 0 Å². The van der Waals surface area contributed by atoms with Crippen molar-refractivity contribution in [3.63, 3.8) is 0 Å². The van der Waals surface area contributed by atoms with E-state index in [-0.39, 0.29) is 23.9 Å². The molecule has 0 bridgehead atoms. The highest BCUT2D eigenvalue weighted by atomic mass is 32.1. The van der Waals surface area contributed by atoms with Gasteiger partial charge in [0.05, 0.1) is 31.1 Å². The van der Waals surface area contributed by atoms with E-state index in [2.05, 4.69) is 24.5 Å². The zero-order chi connectivity index (χ0) is 17.1. The maximum atomic E-state index is 12.1. The number of ether oxygens (including phenoxy) is 1. The van der Waals surface area contributed by atoms with Crippen LogP contribution in [-0.4, -0.2) is 44.0 Å². The maximum Gasteiger partial charge on any atom is 0.258 e. The Bertz CT molecular complexity index is 903. The van der Waals surface area contributed by atoms with E-state index in [1.54, 1.807) is 19.2 Å². The van der Waals surface area contributed by atoms with Crippen LogP contribution < -0.4 is 15.4 Å². The van der Waals surface area contributed by atoms with Crippen LogP contribution in [0, 0.1) is 0 Å². The third-order valence-electron chi connectivity index (χ3n) is 3.20. The summed E-state index contributed by atoms with van der Waals surface area (Å²) < 4.78 is 14.7. The molecule has 0 saturated heterocycles. The number of hydrogen-bond donors (Lipinski definition) is 2. The van der Waals surface area contributed by atoms with E-state index in [1.165, 1.54) is 18.0 Å². The minimum absolute atomic E-state index is 0.190. The number of nitrogens with one attached hydrogen (secondary N) is 2. The highest BCUT2D eigenvalue weighted by Crippen LogP contribution is 2.20. The number of aromatic nitrogens is 4. The van der Waals surface area contributed by atoms with Gasteiger partial charge in [-0.15, -0.1) is 5.10 Å². The van der Waals surface area contributed by atoms with E-state index < -0.39 is 5.91 Å². The highest BCUT2D eigenvalue weighted by Gasteiger charge is 2.17. The Hall–Kier alpha value is -3.01. The van der Waals surface area contributed by atoms with Gasteiger partial charge in [0, 0.05) is 13.2 Å². The molecule has 2 N–H and O–H groups in total. The largest absolute Gasteiger partial charge is 0.479 e. The van der Waals surface area contributed by atoms with Gasteiger partial charge in [-0.3, -0.25) is 14.3 Å². The highest BCUT2D eigenvalue weighted by molar-refractivity contribution is 7.00. The monoisotopic (exact) mass is 346 g/mol. The maximum absolute atomic E-state index is 12.1. The molecule has 124 valence electrons. The van der Waals surface area contributed by atoms with E-state index in [4.69, 9.17) is 4.74 Å². The molecule has 0 aliphatic rings. The molecule has 3 aromatic rings. The summed E-state index contributed by atoms with van der Waals surface area (Å²) in [6.07, 6.45) is 1.52. The lowest BCUT2D eigenvalue weighted by Crippen LogP contribution is -2.32. The molecule has 0 fully saturated rings. The molecule has 24 heavy (non-hydrogen) atoms. The predicted molar refractivity (Wildman–Crippen MR) is 88.1 cm³/mol. The molecule has 1 aromatic carbocycles. The zero-order valence-electron chi connectivity index (χ0n) is 12.9. The van der Waals surface area contributed by atoms with Crippen LogP contribution in [0.2, 0.25) is 0 Å². The summed E-state index contributed by atoms with van der Waals surface area (Å²) in [5.74, 6) is -0.607. The van der Waals surface area contributed by atoms with Crippen molar-refractivity contribution in [3.05, 3.63) is 30.0 Å². The normalized spacial score (nSPS) is 10.6. The molecule has 2 amide bonds. The smallest absolute Gasteiger partial charge is 0.258 e. The lowest BCUT2D eigenvalue weighted by atomic mass is 10.2. The molecule has 0 atom stereocenters. The number of aryl methyl sites for hydroxylation is 1. The fraction of sp³-hybridized carbons (Fsp3) is 0.214. The summed E-state index contributed by atoms with van der Waals surface area (Å²) in [6.45, 7) is -0.190. The molecule has 0 unspecified atom stereocenters. The Morgan fingerprint density at radius 2 is 2.17 bits per heavy atom. The van der Waals surface area contributed by atoms with E-state index in [0.29, 0.717) is 16.7 Å². The molecular weight excluding hydrogens is 332 g/mol. The summed E-state index contributed by atoms with van der Waals surface area (Å²) in [5.41, 5.74) is 2.15. The third kappa shape index (κ3) is 3.18. The van der Waals surface area contributed by atoms with Gasteiger partial charge in [0.15, 0.2) is 0 Å². The van der Waals surface area contributed by atoms with E-state index >= 15 is 0 Å². The number of benzene rings is 1. The summed E-state index contributed by atoms with van der Waals surface area (Å²) in [7, 11) is 3.10. The van der Waals surface area contributed by atoms with Gasteiger partial charge in [0.1, 0.15) is 16.6 Å². The minimum atomic E-state index is -0.441. The molecule has 0 spiro atoms. The van der Waals surface area contributed by atoms with Crippen LogP contribution in [-0.2, 0) is 11.8 Å². The lowest BCUT2D eigenvalue weighted by molar-refractivity contribution is -0.115. The Balaban J connectivity index is 1.63. The average Bonchev–Trinajstić information content (AvgIpc) is 3.19. The van der Waals surface area contributed by atoms with Crippen LogP contribution in [0.1, 0.15) is 10.4 Å². The van der Waals surface area contributed by atoms with Gasteiger partial charge in [0.25, 0.3) is 5.91 Å². The Labute approximate surface area is 141 Å². The number of fused-ring (bicyclic) bond motifs is 1. The van der Waals surface area contributed by atoms with Gasteiger partial charge in [-0.2, -0.15) is 8.75 Å². The number of methoxy groups -OCH3 is 1. The number of amides is 2. The number of carbonyl (C=O) groups is 2. The molecule has 2 heterocycles. The van der Waals surface area contributed by atoms with Crippen LogP contribution >= 0.6 is 11.7 Å². The topological polar surface area (TPSA) is 111 Å². The first-order valence-electron chi connectivity index (χ1n) is 6.95. The van der Waals surface area contributed by atoms with Crippen molar-refractivity contribution in [2.75, 3.05) is 19.0 Å². The summed E-state index contributed by atoms with van der Waals surface area (Å²) >= 11 is 1.07. The average molecular weight is 346 g/mol. The molecule has 0 radical (unpaired) electrons. The molecule has 0 aliphatic carbocycles. The first-order chi connectivity index (χ1) is 11.6. The zero-order valence-corrected chi connectivity index (χ0v) is 13.8. The summed E-state index contributed by atoms with van der Waals surface area (Å²) in [4.78, 5) is 24.2. The quantitative estimate of drug-likeness (QED) is 0.707. The van der Waals surface area contributed by atoms with Gasteiger partial charge in [0.2, 0.25) is 11.8 Å². The van der Waals surface area contributed by atoms with Gasteiger partial charge < -0.3 is 15.4 Å². The fourth-order valence-electron chi connectivity index (χ4n) is 2.13. The van der Waals surface area contributed by atoms with Crippen LogP contribution in [0.5, 0.6) is 5.88 Å². The Kier molecular flexibility index (Phi) is 4.38. The molecule has 2 aromatic heterocycles. The number of rotatable bonds is 5. The second kappa shape index (κ2) is 6.62. The van der Waals surface area contributed by atoms with Crippen LogP contribution in [0.3, 0.4) is 0 Å². The molecular formula is C14H14N6O3S. The van der Waals surface area contributed by atoms with Crippen molar-refractivity contribution < 1.29 is 14.3 Å². The third-order valence-corrected chi connectivity index (χ3v) is 3.75. The second-order valence-electron chi connectivity index (χ2n) is 4.89. The minimum Gasteiger partial charge on any atom is -0.479 e. The van der Waals surface area contributed by atoms with Gasteiger partial charge in [-0.1, -0.05) is 6.07 Å². The Morgan fingerprint density at radius 1 is 1.33 bits per heavy atom. The first kappa shape index (κ1) is 15.9. The first-order valence-corrected chi connectivity index (χ1v) is 7.68. The second-order valence-corrected chi connectivity index (χ2v) is 5.42. The van der Waals surface area contributed by atoms with E-state index in [0.717, 1.165) is 11.7 Å². The summed E-state index contributed by atoms with van der Waals surface area (Å²) in [5, 5.41) is 9.23. The number of nitrogens with zero attached hydrogens (tertiary/aromatic N) is 4. The van der Waals surface area contributed by atoms with Crippen molar-refractivity contribution in [2.24, 2.45) is 7.05 Å². The van der Waals surface area contributed by atoms with Crippen molar-refractivity contribution in [2.45, 2.75) is 0 Å². The van der Waals surface area contributed by atoms with Gasteiger partial charge in [-0.05, 0) is 12.1 Å². The van der Waals surface area contributed by atoms with Gasteiger partial charge in [-0.25, -0.2) is 0 Å². The number of carbonyl (C=O) groups excluding carboxylic acids is 2. The number of anilines is 1. The molecule has 3 rings (SSSR count). The standard InChI is InChI=1S/C14H14N6O3S/c1-20-7-8(14(17-20)23-2)13(22)15-6-11(21)16-9-4-3-5-10-12(9)19-24-18-10/h3-5,7H,6H2,1-2H3,(H,15,22)(H,16,21). The Morgan fingerprint density at radius 3 is 2.96 bits per heavy atom. The van der Waals surface area contributed by atoms with Crippen molar-refractivity contribution in [1.82, 2.24) is 23.8 Å². The van der Waals surface area contributed by atoms with E-state index in [1.807, 2.05) is 6.07 Å². The molecule has 9 nitrogen and oxygen atoms in total. The predicted octanol–water partition coefficient (Wildman–Crippen LogP) is 0.802. The lowest BCUT2D eigenvalue weighted by Gasteiger charge is -2.07. The van der Waals surface area contributed by atoms with E-state index in [9.17, 15) is 9.59 Å².